The molecule has 4 heteroatoms. The van der Waals surface area contributed by atoms with Crippen molar-refractivity contribution >= 4 is 0 Å². The molecule has 17 heavy (non-hydrogen) atoms. The molecule has 1 aliphatic rings. The van der Waals surface area contributed by atoms with Gasteiger partial charge >= 0.3 is 0 Å². The van der Waals surface area contributed by atoms with Crippen molar-refractivity contribution in [3.8, 4) is 0 Å². The van der Waals surface area contributed by atoms with Crippen LogP contribution in [0.5, 0.6) is 0 Å². The van der Waals surface area contributed by atoms with Crippen LogP contribution in [0, 0.1) is 5.92 Å². The zero-order chi connectivity index (χ0) is 12.9. The second kappa shape index (κ2) is 6.64. The lowest BCUT2D eigenvalue weighted by molar-refractivity contribution is -0.00209. The number of nitrogens with zero attached hydrogens (tertiary/aromatic N) is 1. The summed E-state index contributed by atoms with van der Waals surface area (Å²) in [6.07, 6.45) is 3.15. The van der Waals surface area contributed by atoms with Gasteiger partial charge in [-0.15, -0.1) is 0 Å². The average Bonchev–Trinajstić information content (AvgIpc) is 2.35. The largest absolute Gasteiger partial charge is 0.329 e. The highest BCUT2D eigenvalue weighted by Gasteiger charge is 2.39. The lowest BCUT2D eigenvalue weighted by atomic mass is 9.74. The molecule has 1 saturated carbocycles. The monoisotopic (exact) mass is 248 g/mol. The zero-order valence-corrected chi connectivity index (χ0v) is 11.1. The van der Waals surface area contributed by atoms with Crippen molar-refractivity contribution in [1.82, 2.24) is 4.90 Å². The number of rotatable bonds is 6. The maximum Gasteiger partial charge on any atom is 0.251 e. The van der Waals surface area contributed by atoms with Crippen molar-refractivity contribution < 1.29 is 8.78 Å². The number of hydrogen-bond acceptors (Lipinski definition) is 2. The summed E-state index contributed by atoms with van der Waals surface area (Å²) in [6.45, 7) is 5.19. The van der Waals surface area contributed by atoms with E-state index in [0.717, 1.165) is 31.6 Å². The Morgan fingerprint density at radius 3 is 2.24 bits per heavy atom. The van der Waals surface area contributed by atoms with Crippen molar-refractivity contribution in [1.29, 1.82) is 0 Å². The number of hydrogen-bond donors (Lipinski definition) is 1. The molecule has 0 aromatic heterocycles. The van der Waals surface area contributed by atoms with Gasteiger partial charge in [0.05, 0.1) is 6.54 Å². The van der Waals surface area contributed by atoms with E-state index in [1.165, 1.54) is 6.42 Å². The molecule has 0 aliphatic heterocycles. The molecule has 2 N–H and O–H groups in total. The van der Waals surface area contributed by atoms with Crippen molar-refractivity contribution in [2.45, 2.75) is 57.9 Å². The van der Waals surface area contributed by atoms with Crippen LogP contribution < -0.4 is 5.73 Å². The summed E-state index contributed by atoms with van der Waals surface area (Å²) >= 11 is 0. The van der Waals surface area contributed by atoms with Gasteiger partial charge in [-0.2, -0.15) is 0 Å². The second-order valence-corrected chi connectivity index (χ2v) is 5.21. The summed E-state index contributed by atoms with van der Waals surface area (Å²) in [4.78, 5) is 1.91. The van der Waals surface area contributed by atoms with E-state index in [2.05, 4.69) is 6.92 Å². The maximum absolute atomic E-state index is 12.6. The number of likely N-dealkylation sites (N-methyl/N-ethyl adjacent to an activating group) is 1. The van der Waals surface area contributed by atoms with Gasteiger partial charge < -0.3 is 5.73 Å². The molecule has 2 nitrogen and oxygen atoms in total. The van der Waals surface area contributed by atoms with E-state index >= 15 is 0 Å². The molecule has 0 aromatic carbocycles. The second-order valence-electron chi connectivity index (χ2n) is 5.21. The van der Waals surface area contributed by atoms with Gasteiger partial charge in [-0.25, -0.2) is 8.78 Å². The SMILES string of the molecule is CCC1CCC(CN)(N(CC)CC(F)F)CC1. The fraction of sp³-hybridized carbons (Fsp3) is 1.00. The van der Waals surface area contributed by atoms with Gasteiger partial charge in [-0.1, -0.05) is 20.3 Å². The lowest BCUT2D eigenvalue weighted by Gasteiger charge is -2.47. The predicted molar refractivity (Wildman–Crippen MR) is 67.3 cm³/mol. The van der Waals surface area contributed by atoms with Gasteiger partial charge in [0.2, 0.25) is 0 Å². The number of nitrogens with two attached hydrogens (primary N) is 1. The Morgan fingerprint density at radius 1 is 1.29 bits per heavy atom. The molecule has 0 aromatic rings. The van der Waals surface area contributed by atoms with Crippen LogP contribution in [0.4, 0.5) is 8.78 Å². The molecule has 102 valence electrons. The molecular weight excluding hydrogens is 222 g/mol. The Hall–Kier alpha value is -0.220. The van der Waals surface area contributed by atoms with E-state index < -0.39 is 6.43 Å². The molecule has 0 radical (unpaired) electrons. The molecule has 0 spiro atoms. The minimum Gasteiger partial charge on any atom is -0.329 e. The van der Waals surface area contributed by atoms with E-state index in [1.807, 2.05) is 11.8 Å². The predicted octanol–water partition coefficient (Wildman–Crippen LogP) is 2.87. The maximum atomic E-state index is 12.6. The Labute approximate surface area is 104 Å². The first kappa shape index (κ1) is 14.8. The summed E-state index contributed by atoms with van der Waals surface area (Å²) in [5.74, 6) is 0.764. The zero-order valence-electron chi connectivity index (χ0n) is 11.1. The minimum absolute atomic E-state index is 0.134. The van der Waals surface area contributed by atoms with Crippen LogP contribution in [0.25, 0.3) is 0 Å². The summed E-state index contributed by atoms with van der Waals surface area (Å²) in [6, 6.07) is 0. The topological polar surface area (TPSA) is 29.3 Å². The standard InChI is InChI=1S/C13H26F2N2/c1-3-11-5-7-13(10-16,8-6-11)17(4-2)9-12(14)15/h11-12H,3-10,16H2,1-2H3. The van der Waals surface area contributed by atoms with Gasteiger partial charge in [0.25, 0.3) is 6.43 Å². The smallest absolute Gasteiger partial charge is 0.251 e. The lowest BCUT2D eigenvalue weighted by Crippen LogP contribution is -2.56. The third-order valence-corrected chi connectivity index (χ3v) is 4.40. The molecule has 0 unspecified atom stereocenters. The normalized spacial score (nSPS) is 30.2. The molecule has 1 fully saturated rings. The van der Waals surface area contributed by atoms with Crippen LogP contribution in [0.2, 0.25) is 0 Å². The van der Waals surface area contributed by atoms with Crippen molar-refractivity contribution in [3.05, 3.63) is 0 Å². The highest BCUT2D eigenvalue weighted by molar-refractivity contribution is 4.95. The van der Waals surface area contributed by atoms with Crippen molar-refractivity contribution in [2.24, 2.45) is 11.7 Å². The van der Waals surface area contributed by atoms with E-state index in [-0.39, 0.29) is 12.1 Å². The Morgan fingerprint density at radius 2 is 1.88 bits per heavy atom. The van der Waals surface area contributed by atoms with Crippen LogP contribution >= 0.6 is 0 Å². The number of alkyl halides is 2. The summed E-state index contributed by atoms with van der Waals surface area (Å²) in [5.41, 5.74) is 5.72. The van der Waals surface area contributed by atoms with E-state index in [0.29, 0.717) is 13.1 Å². The Balaban J connectivity index is 2.67. The van der Waals surface area contributed by atoms with Gasteiger partial charge in [-0.3, -0.25) is 4.90 Å². The fourth-order valence-electron chi connectivity index (χ4n) is 3.10. The van der Waals surface area contributed by atoms with Crippen LogP contribution in [0.3, 0.4) is 0 Å². The minimum atomic E-state index is -2.26. The van der Waals surface area contributed by atoms with Crippen LogP contribution in [-0.4, -0.2) is 36.5 Å². The van der Waals surface area contributed by atoms with E-state index in [1.54, 1.807) is 0 Å². The van der Waals surface area contributed by atoms with Crippen LogP contribution in [-0.2, 0) is 0 Å². The highest BCUT2D eigenvalue weighted by atomic mass is 19.3. The van der Waals surface area contributed by atoms with Gasteiger partial charge in [-0.05, 0) is 38.1 Å². The van der Waals surface area contributed by atoms with Gasteiger partial charge in [0, 0.05) is 12.1 Å². The molecule has 0 amide bonds. The highest BCUT2D eigenvalue weighted by Crippen LogP contribution is 2.37. The van der Waals surface area contributed by atoms with Crippen molar-refractivity contribution in [2.75, 3.05) is 19.6 Å². The quantitative estimate of drug-likeness (QED) is 0.783. The third-order valence-electron chi connectivity index (χ3n) is 4.40. The summed E-state index contributed by atoms with van der Waals surface area (Å²) in [5, 5.41) is 0. The molecule has 1 rings (SSSR count). The molecular formula is C13H26F2N2. The van der Waals surface area contributed by atoms with E-state index in [9.17, 15) is 8.78 Å². The molecule has 0 bridgehead atoms. The number of halogens is 2. The molecule has 0 heterocycles. The van der Waals surface area contributed by atoms with E-state index in [4.69, 9.17) is 5.73 Å². The van der Waals surface area contributed by atoms with Crippen LogP contribution in [0.1, 0.15) is 46.0 Å². The van der Waals surface area contributed by atoms with Crippen LogP contribution in [0.15, 0.2) is 0 Å². The van der Waals surface area contributed by atoms with Crippen molar-refractivity contribution in [3.63, 3.8) is 0 Å². The van der Waals surface area contributed by atoms with Gasteiger partial charge in [0.1, 0.15) is 0 Å². The first-order valence-electron chi connectivity index (χ1n) is 6.81. The molecule has 0 saturated heterocycles. The third kappa shape index (κ3) is 3.62. The molecule has 0 atom stereocenters. The Bertz CT molecular complexity index is 213. The summed E-state index contributed by atoms with van der Waals surface area (Å²) in [7, 11) is 0. The fourth-order valence-corrected chi connectivity index (χ4v) is 3.10. The first-order valence-corrected chi connectivity index (χ1v) is 6.81. The average molecular weight is 248 g/mol. The molecule has 1 aliphatic carbocycles. The van der Waals surface area contributed by atoms with Gasteiger partial charge in [0.15, 0.2) is 0 Å². The first-order chi connectivity index (χ1) is 8.07. The summed E-state index contributed by atoms with van der Waals surface area (Å²) < 4.78 is 25.2. The Kier molecular flexibility index (Phi) is 5.80.